The highest BCUT2D eigenvalue weighted by Crippen LogP contribution is 2.14. The van der Waals surface area contributed by atoms with Crippen molar-refractivity contribution in [1.29, 1.82) is 0 Å². The van der Waals surface area contributed by atoms with Crippen molar-refractivity contribution < 1.29 is 14.7 Å². The van der Waals surface area contributed by atoms with Crippen LogP contribution in [0.3, 0.4) is 0 Å². The van der Waals surface area contributed by atoms with E-state index in [1.54, 1.807) is 30.3 Å². The Morgan fingerprint density at radius 3 is 2.54 bits per heavy atom. The zero-order valence-corrected chi connectivity index (χ0v) is 12.6. The van der Waals surface area contributed by atoms with Gasteiger partial charge >= 0.3 is 5.97 Å². The Bertz CT molecular complexity index is 873. The monoisotopic (exact) mass is 325 g/mol. The highest BCUT2D eigenvalue weighted by Gasteiger charge is 2.08. The summed E-state index contributed by atoms with van der Waals surface area (Å²) in [4.78, 5) is 22.7. The number of H-pyrrole nitrogens is 1. The van der Waals surface area contributed by atoms with Gasteiger partial charge in [-0.05, 0) is 35.9 Å². The SMILES string of the molecule is O=C(O)CNCc1ccc(NC(=O)c2ccc3n[nH]nc3c2)cc1. The molecule has 0 spiro atoms. The van der Waals surface area contributed by atoms with Gasteiger partial charge in [0, 0.05) is 17.8 Å². The van der Waals surface area contributed by atoms with E-state index in [2.05, 4.69) is 26.0 Å². The molecule has 4 N–H and O–H groups in total. The van der Waals surface area contributed by atoms with Crippen LogP contribution in [0, 0.1) is 0 Å². The van der Waals surface area contributed by atoms with Crippen molar-refractivity contribution in [2.45, 2.75) is 6.54 Å². The molecule has 0 saturated carbocycles. The lowest BCUT2D eigenvalue weighted by molar-refractivity contribution is -0.136. The van der Waals surface area contributed by atoms with Crippen LogP contribution in [0.2, 0.25) is 0 Å². The molecule has 0 aliphatic carbocycles. The Morgan fingerprint density at radius 1 is 1.04 bits per heavy atom. The minimum atomic E-state index is -0.900. The summed E-state index contributed by atoms with van der Waals surface area (Å²) in [6.07, 6.45) is 0. The number of aromatic amines is 1. The van der Waals surface area contributed by atoms with Gasteiger partial charge in [-0.2, -0.15) is 15.4 Å². The summed E-state index contributed by atoms with van der Waals surface area (Å²) in [6.45, 7) is 0.354. The fourth-order valence-electron chi connectivity index (χ4n) is 2.20. The van der Waals surface area contributed by atoms with Crippen LogP contribution in [-0.2, 0) is 11.3 Å². The molecule has 0 aliphatic heterocycles. The van der Waals surface area contributed by atoms with Crippen LogP contribution < -0.4 is 10.6 Å². The standard InChI is InChI=1S/C16H15N5O3/c22-15(23)9-17-8-10-1-4-12(5-2-10)18-16(24)11-3-6-13-14(7-11)20-21-19-13/h1-7,17H,8-9H2,(H,18,24)(H,22,23)(H,19,20,21). The average Bonchev–Trinajstić information content (AvgIpc) is 3.03. The molecular weight excluding hydrogens is 310 g/mol. The fourth-order valence-corrected chi connectivity index (χ4v) is 2.20. The Kier molecular flexibility index (Phi) is 4.48. The Morgan fingerprint density at radius 2 is 1.79 bits per heavy atom. The number of hydrogen-bond donors (Lipinski definition) is 4. The van der Waals surface area contributed by atoms with Gasteiger partial charge in [0.15, 0.2) is 0 Å². The maximum Gasteiger partial charge on any atom is 0.317 e. The van der Waals surface area contributed by atoms with Crippen LogP contribution >= 0.6 is 0 Å². The van der Waals surface area contributed by atoms with Crippen LogP contribution in [0.1, 0.15) is 15.9 Å². The largest absolute Gasteiger partial charge is 0.480 e. The molecule has 1 heterocycles. The summed E-state index contributed by atoms with van der Waals surface area (Å²) < 4.78 is 0. The zero-order chi connectivity index (χ0) is 16.9. The topological polar surface area (TPSA) is 120 Å². The van der Waals surface area contributed by atoms with Gasteiger partial charge in [0.1, 0.15) is 11.0 Å². The summed E-state index contributed by atoms with van der Waals surface area (Å²) >= 11 is 0. The highest BCUT2D eigenvalue weighted by atomic mass is 16.4. The molecule has 0 aliphatic rings. The first kappa shape index (κ1) is 15.6. The number of nitrogens with zero attached hydrogens (tertiary/aromatic N) is 2. The van der Waals surface area contributed by atoms with E-state index in [0.717, 1.165) is 5.56 Å². The van der Waals surface area contributed by atoms with Gasteiger partial charge in [-0.25, -0.2) is 0 Å². The number of carbonyl (C=O) groups excluding carboxylic acids is 1. The summed E-state index contributed by atoms with van der Waals surface area (Å²) in [5, 5.41) is 24.6. The lowest BCUT2D eigenvalue weighted by Crippen LogP contribution is -2.21. The van der Waals surface area contributed by atoms with E-state index in [4.69, 9.17) is 5.11 Å². The van der Waals surface area contributed by atoms with E-state index in [1.807, 2.05) is 12.1 Å². The first-order chi connectivity index (χ1) is 11.6. The lowest BCUT2D eigenvalue weighted by Gasteiger charge is -2.07. The Balaban J connectivity index is 1.62. The third-order valence-electron chi connectivity index (χ3n) is 3.40. The minimum absolute atomic E-state index is 0.0942. The van der Waals surface area contributed by atoms with Crippen LogP contribution in [0.4, 0.5) is 5.69 Å². The lowest BCUT2D eigenvalue weighted by atomic mass is 10.1. The summed E-state index contributed by atoms with van der Waals surface area (Å²) in [5.41, 5.74) is 3.40. The van der Waals surface area contributed by atoms with E-state index in [9.17, 15) is 9.59 Å². The second kappa shape index (κ2) is 6.88. The molecule has 0 fully saturated rings. The van der Waals surface area contributed by atoms with Gasteiger partial charge in [-0.15, -0.1) is 0 Å². The molecule has 122 valence electrons. The maximum atomic E-state index is 12.3. The van der Waals surface area contributed by atoms with Crippen molar-refractivity contribution in [2.75, 3.05) is 11.9 Å². The summed E-state index contributed by atoms with van der Waals surface area (Å²) in [5.74, 6) is -1.14. The first-order valence-corrected chi connectivity index (χ1v) is 7.25. The maximum absolute atomic E-state index is 12.3. The molecule has 8 heteroatoms. The Hall–Kier alpha value is -3.26. The third kappa shape index (κ3) is 3.73. The van der Waals surface area contributed by atoms with Gasteiger partial charge < -0.3 is 15.7 Å². The van der Waals surface area contributed by atoms with Crippen molar-refractivity contribution in [3.63, 3.8) is 0 Å². The molecule has 0 radical (unpaired) electrons. The summed E-state index contributed by atoms with van der Waals surface area (Å²) in [6, 6.07) is 12.3. The zero-order valence-electron chi connectivity index (χ0n) is 12.6. The van der Waals surface area contributed by atoms with Gasteiger partial charge in [-0.1, -0.05) is 12.1 Å². The van der Waals surface area contributed by atoms with Crippen molar-refractivity contribution in [1.82, 2.24) is 20.7 Å². The quantitative estimate of drug-likeness (QED) is 0.543. The summed E-state index contributed by atoms with van der Waals surface area (Å²) in [7, 11) is 0. The molecule has 3 aromatic rings. The van der Waals surface area contributed by atoms with Gasteiger partial charge in [0.05, 0.1) is 6.54 Å². The molecule has 8 nitrogen and oxygen atoms in total. The van der Waals surface area contributed by atoms with Crippen molar-refractivity contribution in [3.05, 3.63) is 53.6 Å². The number of nitrogens with one attached hydrogen (secondary N) is 3. The number of carboxylic acid groups (broad SMARTS) is 1. The molecule has 24 heavy (non-hydrogen) atoms. The van der Waals surface area contributed by atoms with E-state index < -0.39 is 5.97 Å². The number of rotatable bonds is 6. The van der Waals surface area contributed by atoms with Gasteiger partial charge in [0.25, 0.3) is 5.91 Å². The Labute approximate surface area is 136 Å². The van der Waals surface area contributed by atoms with Gasteiger partial charge in [0.2, 0.25) is 0 Å². The highest BCUT2D eigenvalue weighted by molar-refractivity contribution is 6.05. The molecule has 0 unspecified atom stereocenters. The molecule has 0 atom stereocenters. The number of aromatic nitrogens is 3. The van der Waals surface area contributed by atoms with E-state index in [-0.39, 0.29) is 12.5 Å². The van der Waals surface area contributed by atoms with Crippen LogP contribution in [0.5, 0.6) is 0 Å². The smallest absolute Gasteiger partial charge is 0.317 e. The molecule has 0 bridgehead atoms. The number of benzene rings is 2. The number of carboxylic acids is 1. The molecular formula is C16H15N5O3. The van der Waals surface area contributed by atoms with Crippen LogP contribution in [0.25, 0.3) is 11.0 Å². The molecule has 2 aromatic carbocycles. The van der Waals surface area contributed by atoms with Crippen LogP contribution in [0.15, 0.2) is 42.5 Å². The average molecular weight is 325 g/mol. The van der Waals surface area contributed by atoms with E-state index in [1.165, 1.54) is 0 Å². The number of fused-ring (bicyclic) bond motifs is 1. The van der Waals surface area contributed by atoms with Crippen molar-refractivity contribution in [2.24, 2.45) is 0 Å². The van der Waals surface area contributed by atoms with Crippen LogP contribution in [-0.4, -0.2) is 38.9 Å². The first-order valence-electron chi connectivity index (χ1n) is 7.25. The van der Waals surface area contributed by atoms with Crippen molar-refractivity contribution >= 4 is 28.6 Å². The molecule has 1 amide bonds. The third-order valence-corrected chi connectivity index (χ3v) is 3.40. The van der Waals surface area contributed by atoms with E-state index in [0.29, 0.717) is 28.8 Å². The molecule has 0 saturated heterocycles. The second-order valence-electron chi connectivity index (χ2n) is 5.18. The predicted molar refractivity (Wildman–Crippen MR) is 87.6 cm³/mol. The number of hydrogen-bond acceptors (Lipinski definition) is 5. The number of anilines is 1. The number of aliphatic carboxylic acids is 1. The number of carbonyl (C=O) groups is 2. The van der Waals surface area contributed by atoms with Crippen molar-refractivity contribution in [3.8, 4) is 0 Å². The normalized spacial score (nSPS) is 10.7. The van der Waals surface area contributed by atoms with E-state index >= 15 is 0 Å². The number of amides is 1. The fraction of sp³-hybridized carbons (Fsp3) is 0.125. The molecule has 1 aromatic heterocycles. The minimum Gasteiger partial charge on any atom is -0.480 e. The predicted octanol–water partition coefficient (Wildman–Crippen LogP) is 1.38. The second-order valence-corrected chi connectivity index (χ2v) is 5.18. The molecule has 3 rings (SSSR count). The van der Waals surface area contributed by atoms with Gasteiger partial charge in [-0.3, -0.25) is 9.59 Å².